The highest BCUT2D eigenvalue weighted by Crippen LogP contribution is 2.32. The minimum Gasteiger partial charge on any atom is -0.348 e. The van der Waals surface area contributed by atoms with Crippen LogP contribution in [0.25, 0.3) is 0 Å². The van der Waals surface area contributed by atoms with Gasteiger partial charge in [0.05, 0.1) is 0 Å². The number of rotatable bonds is 4. The molecule has 114 valence electrons. The van der Waals surface area contributed by atoms with Crippen molar-refractivity contribution in [1.82, 2.24) is 9.36 Å². The highest BCUT2D eigenvalue weighted by Gasteiger charge is 2.26. The quantitative estimate of drug-likeness (QED) is 0.910. The molecule has 1 saturated carbocycles. The lowest BCUT2D eigenvalue weighted by molar-refractivity contribution is -0.116. The van der Waals surface area contributed by atoms with E-state index >= 15 is 0 Å². The number of carbonyl (C=O) groups excluding carboxylic acids is 1. The lowest BCUT2D eigenvalue weighted by atomic mass is 10.1. The first-order valence-electron chi connectivity index (χ1n) is 7.76. The summed E-state index contributed by atoms with van der Waals surface area (Å²) < 4.78 is 4.39. The van der Waals surface area contributed by atoms with Crippen LogP contribution < -0.4 is 10.6 Å². The average molecular weight is 314 g/mol. The van der Waals surface area contributed by atoms with Gasteiger partial charge < -0.3 is 10.6 Å². The van der Waals surface area contributed by atoms with Crippen LogP contribution in [0.15, 0.2) is 24.3 Å². The molecule has 0 spiro atoms. The summed E-state index contributed by atoms with van der Waals surface area (Å²) in [7, 11) is 0. The van der Waals surface area contributed by atoms with E-state index in [1.807, 2.05) is 18.2 Å². The standard InChI is InChI=1S/C16H18N4OS/c21-15-13(8-7-11-3-1-2-4-12(11)17-15)18-16-19-14(20-22-16)9-10-5-6-10/h1-4,10,13H,5-9H2,(H,17,21)(H,18,19,20). The Balaban J connectivity index is 1.44. The Kier molecular flexibility index (Phi) is 3.54. The van der Waals surface area contributed by atoms with Crippen molar-refractivity contribution in [2.75, 3.05) is 10.6 Å². The van der Waals surface area contributed by atoms with Gasteiger partial charge in [0, 0.05) is 23.6 Å². The van der Waals surface area contributed by atoms with Crippen LogP contribution in [0.2, 0.25) is 0 Å². The van der Waals surface area contributed by atoms with Crippen molar-refractivity contribution >= 4 is 28.3 Å². The number of hydrogen-bond donors (Lipinski definition) is 2. The second kappa shape index (κ2) is 5.68. The summed E-state index contributed by atoms with van der Waals surface area (Å²) in [5.41, 5.74) is 2.11. The summed E-state index contributed by atoms with van der Waals surface area (Å²) >= 11 is 1.35. The van der Waals surface area contributed by atoms with Crippen LogP contribution in [0.1, 0.15) is 30.7 Å². The fourth-order valence-electron chi connectivity index (χ4n) is 2.77. The van der Waals surface area contributed by atoms with Gasteiger partial charge in [0.1, 0.15) is 11.9 Å². The maximum atomic E-state index is 12.4. The number of aryl methyl sites for hydroxylation is 1. The summed E-state index contributed by atoms with van der Waals surface area (Å²) in [5, 5.41) is 7.00. The number of para-hydroxylation sites is 1. The molecule has 1 unspecified atom stereocenters. The molecule has 0 bridgehead atoms. The van der Waals surface area contributed by atoms with Crippen LogP contribution in [0, 0.1) is 5.92 Å². The number of fused-ring (bicyclic) bond motifs is 1. The molecule has 1 aromatic heterocycles. The molecular formula is C16H18N4OS. The molecule has 0 radical (unpaired) electrons. The van der Waals surface area contributed by atoms with Gasteiger partial charge in [-0.15, -0.1) is 0 Å². The van der Waals surface area contributed by atoms with Gasteiger partial charge in [-0.3, -0.25) is 4.79 Å². The highest BCUT2D eigenvalue weighted by atomic mass is 32.1. The van der Waals surface area contributed by atoms with Crippen LogP contribution in [-0.4, -0.2) is 21.3 Å². The fraction of sp³-hybridized carbons (Fsp3) is 0.438. The zero-order valence-corrected chi connectivity index (χ0v) is 13.0. The van der Waals surface area contributed by atoms with Crippen molar-refractivity contribution in [3.63, 3.8) is 0 Å². The molecule has 22 heavy (non-hydrogen) atoms. The van der Waals surface area contributed by atoms with E-state index in [0.29, 0.717) is 0 Å². The second-order valence-corrected chi connectivity index (χ2v) is 6.80. The Labute approximate surface area is 133 Å². The summed E-state index contributed by atoms with van der Waals surface area (Å²) in [4.78, 5) is 16.9. The third-order valence-electron chi connectivity index (χ3n) is 4.23. The summed E-state index contributed by atoms with van der Waals surface area (Å²) in [6.07, 6.45) is 5.21. The van der Waals surface area contributed by atoms with Crippen molar-refractivity contribution in [2.24, 2.45) is 5.92 Å². The predicted molar refractivity (Wildman–Crippen MR) is 87.1 cm³/mol. The molecule has 1 amide bonds. The van der Waals surface area contributed by atoms with E-state index in [2.05, 4.69) is 26.1 Å². The van der Waals surface area contributed by atoms with Crippen molar-refractivity contribution in [2.45, 2.75) is 38.1 Å². The van der Waals surface area contributed by atoms with Crippen molar-refractivity contribution in [3.05, 3.63) is 35.7 Å². The molecule has 0 saturated heterocycles. The monoisotopic (exact) mass is 314 g/mol. The van der Waals surface area contributed by atoms with E-state index in [9.17, 15) is 4.79 Å². The SMILES string of the molecule is O=C1Nc2ccccc2CCC1Nc1nc(CC2CC2)ns1. The van der Waals surface area contributed by atoms with Crippen LogP contribution in [0.5, 0.6) is 0 Å². The average Bonchev–Trinajstić information content (AvgIpc) is 3.24. The molecule has 1 aromatic carbocycles. The van der Waals surface area contributed by atoms with E-state index < -0.39 is 0 Å². The lowest BCUT2D eigenvalue weighted by Gasteiger charge is -2.13. The summed E-state index contributed by atoms with van der Waals surface area (Å²) in [6.45, 7) is 0. The number of amides is 1. The first kappa shape index (κ1) is 13.7. The van der Waals surface area contributed by atoms with E-state index in [1.165, 1.54) is 29.9 Å². The minimum absolute atomic E-state index is 0.00360. The van der Waals surface area contributed by atoms with Gasteiger partial charge in [-0.25, -0.2) is 4.98 Å². The highest BCUT2D eigenvalue weighted by molar-refractivity contribution is 7.09. The minimum atomic E-state index is -0.255. The van der Waals surface area contributed by atoms with Crippen molar-refractivity contribution in [1.29, 1.82) is 0 Å². The first-order chi connectivity index (χ1) is 10.8. The van der Waals surface area contributed by atoms with Crippen molar-refractivity contribution in [3.8, 4) is 0 Å². The van der Waals surface area contributed by atoms with Crippen molar-refractivity contribution < 1.29 is 4.79 Å². The third kappa shape index (κ3) is 2.97. The molecule has 1 fully saturated rings. The van der Waals surface area contributed by atoms with E-state index in [1.54, 1.807) is 0 Å². The van der Waals surface area contributed by atoms with Crippen LogP contribution in [-0.2, 0) is 17.6 Å². The molecule has 4 rings (SSSR count). The first-order valence-corrected chi connectivity index (χ1v) is 8.53. The molecule has 6 heteroatoms. The van der Waals surface area contributed by atoms with Gasteiger partial charge in [0.25, 0.3) is 0 Å². The van der Waals surface area contributed by atoms with E-state index in [4.69, 9.17) is 0 Å². The molecule has 1 aliphatic heterocycles. The number of nitrogens with one attached hydrogen (secondary N) is 2. The maximum Gasteiger partial charge on any atom is 0.246 e. The predicted octanol–water partition coefficient (Wildman–Crippen LogP) is 2.86. The molecule has 2 aromatic rings. The number of nitrogens with zero attached hydrogens (tertiary/aromatic N) is 2. The topological polar surface area (TPSA) is 66.9 Å². The zero-order chi connectivity index (χ0) is 14.9. The Hall–Kier alpha value is -1.95. The molecule has 1 atom stereocenters. The Morgan fingerprint density at radius 3 is 3.00 bits per heavy atom. The number of carbonyl (C=O) groups is 1. The van der Waals surface area contributed by atoms with Gasteiger partial charge in [-0.2, -0.15) is 4.37 Å². The normalized spacial score (nSPS) is 20.9. The van der Waals surface area contributed by atoms with Crippen LogP contribution in [0.3, 0.4) is 0 Å². The zero-order valence-electron chi connectivity index (χ0n) is 12.2. The lowest BCUT2D eigenvalue weighted by Crippen LogP contribution is -2.33. The van der Waals surface area contributed by atoms with Crippen LogP contribution in [0.4, 0.5) is 10.8 Å². The number of benzene rings is 1. The number of anilines is 2. The molecule has 2 heterocycles. The van der Waals surface area contributed by atoms with Gasteiger partial charge in [-0.1, -0.05) is 18.2 Å². The molecule has 5 nitrogen and oxygen atoms in total. The second-order valence-electron chi connectivity index (χ2n) is 6.05. The van der Waals surface area contributed by atoms with E-state index in [0.717, 1.165) is 41.8 Å². The number of hydrogen-bond acceptors (Lipinski definition) is 5. The maximum absolute atomic E-state index is 12.4. The fourth-order valence-corrected chi connectivity index (χ4v) is 3.42. The summed E-state index contributed by atoms with van der Waals surface area (Å²) in [6, 6.07) is 7.72. The molecule has 1 aliphatic carbocycles. The van der Waals surface area contributed by atoms with Gasteiger partial charge >= 0.3 is 0 Å². The Morgan fingerprint density at radius 2 is 2.14 bits per heavy atom. The molecular weight excluding hydrogens is 296 g/mol. The molecule has 2 N–H and O–H groups in total. The van der Waals surface area contributed by atoms with E-state index in [-0.39, 0.29) is 11.9 Å². The van der Waals surface area contributed by atoms with Gasteiger partial charge in [-0.05, 0) is 43.2 Å². The number of aromatic nitrogens is 2. The Morgan fingerprint density at radius 1 is 1.27 bits per heavy atom. The van der Waals surface area contributed by atoms with Crippen LogP contribution >= 0.6 is 11.5 Å². The summed E-state index contributed by atoms with van der Waals surface area (Å²) in [5.74, 6) is 1.69. The smallest absolute Gasteiger partial charge is 0.246 e. The Bertz CT molecular complexity index is 695. The third-order valence-corrected chi connectivity index (χ3v) is 4.91. The molecule has 2 aliphatic rings. The largest absolute Gasteiger partial charge is 0.348 e. The van der Waals surface area contributed by atoms with Gasteiger partial charge in [0.15, 0.2) is 0 Å². The van der Waals surface area contributed by atoms with Gasteiger partial charge in [0.2, 0.25) is 11.0 Å².